The lowest BCUT2D eigenvalue weighted by Crippen LogP contribution is -2.41. The molecule has 3 heterocycles. The molecular weight excluding hydrogens is 412 g/mol. The quantitative estimate of drug-likeness (QED) is 0.612. The third-order valence-electron chi connectivity index (χ3n) is 6.45. The first-order valence-corrected chi connectivity index (χ1v) is 12.0. The lowest BCUT2D eigenvalue weighted by atomic mass is 9.93. The summed E-state index contributed by atoms with van der Waals surface area (Å²) in [6.07, 6.45) is 6.53. The number of rotatable bonds is 5. The molecule has 5 rings (SSSR count). The number of nitrogens with one attached hydrogen (secondary N) is 1. The molecule has 2 aliphatic rings. The Morgan fingerprint density at radius 1 is 1.13 bits per heavy atom. The van der Waals surface area contributed by atoms with Crippen LogP contribution >= 0.6 is 11.3 Å². The van der Waals surface area contributed by atoms with Crippen molar-refractivity contribution in [3.05, 3.63) is 45.9 Å². The van der Waals surface area contributed by atoms with Gasteiger partial charge in [-0.25, -0.2) is 4.98 Å². The van der Waals surface area contributed by atoms with Crippen LogP contribution in [0.15, 0.2) is 29.1 Å². The fraction of sp³-hybridized carbons (Fsp3) is 0.478. The van der Waals surface area contributed by atoms with Gasteiger partial charge >= 0.3 is 0 Å². The number of thiazole rings is 1. The van der Waals surface area contributed by atoms with Crippen LogP contribution < -0.4 is 5.56 Å². The maximum absolute atomic E-state index is 13.5. The van der Waals surface area contributed by atoms with E-state index in [4.69, 9.17) is 0 Å². The summed E-state index contributed by atoms with van der Waals surface area (Å²) in [6.45, 7) is 2.03. The lowest BCUT2D eigenvalue weighted by Gasteiger charge is -2.29. The lowest BCUT2D eigenvalue weighted by molar-refractivity contribution is -0.142. The number of benzene rings is 1. The molecule has 3 aromatic rings. The fourth-order valence-corrected chi connectivity index (χ4v) is 5.91. The Labute approximate surface area is 184 Å². The van der Waals surface area contributed by atoms with Crippen LogP contribution in [-0.2, 0) is 16.0 Å². The maximum atomic E-state index is 13.5. The zero-order valence-corrected chi connectivity index (χ0v) is 18.4. The first-order chi connectivity index (χ1) is 15.1. The Morgan fingerprint density at radius 2 is 1.90 bits per heavy atom. The molecule has 1 N–H and O–H groups in total. The van der Waals surface area contributed by atoms with Crippen LogP contribution in [0.2, 0.25) is 0 Å². The Bertz CT molecular complexity index is 1170. The van der Waals surface area contributed by atoms with E-state index in [2.05, 4.69) is 10.1 Å². The van der Waals surface area contributed by atoms with Gasteiger partial charge in [0.15, 0.2) is 0 Å². The number of carbonyl (C=O) groups is 2. The molecule has 1 saturated heterocycles. The predicted octanol–water partition coefficient (Wildman–Crippen LogP) is 3.90. The zero-order valence-electron chi connectivity index (χ0n) is 17.6. The number of carbonyl (C=O) groups excluding carboxylic acids is 2. The monoisotopic (exact) mass is 438 g/mol. The summed E-state index contributed by atoms with van der Waals surface area (Å²) in [5.41, 5.74) is 1.75. The summed E-state index contributed by atoms with van der Waals surface area (Å²) in [6, 6.07) is 7.73. The third kappa shape index (κ3) is 3.43. The number of aryl methyl sites for hydroxylation is 1. The summed E-state index contributed by atoms with van der Waals surface area (Å²) < 4.78 is 2.44. The highest BCUT2D eigenvalue weighted by atomic mass is 32.1. The van der Waals surface area contributed by atoms with Crippen LogP contribution in [0.25, 0.3) is 15.3 Å². The standard InChI is InChI=1S/C23H26N4O3S/c1-2-8-17-20(15-13-19(28)26(21(15)29)14-9-4-3-5-10-14)22(30)27(25-17)23-24-16-11-6-7-12-18(16)31-23/h6-7,11-12,14-15,25H,2-5,8-10,13H2,1H3/t15-/m0/s1. The Morgan fingerprint density at radius 3 is 2.65 bits per heavy atom. The second-order valence-corrected chi connectivity index (χ2v) is 9.52. The van der Waals surface area contributed by atoms with E-state index in [9.17, 15) is 14.4 Å². The third-order valence-corrected chi connectivity index (χ3v) is 7.47. The number of para-hydroxylation sites is 1. The summed E-state index contributed by atoms with van der Waals surface area (Å²) >= 11 is 1.43. The van der Waals surface area contributed by atoms with E-state index in [1.807, 2.05) is 31.2 Å². The molecular formula is C23H26N4O3S. The van der Waals surface area contributed by atoms with Crippen molar-refractivity contribution >= 4 is 33.4 Å². The topological polar surface area (TPSA) is 88.1 Å². The van der Waals surface area contributed by atoms with Crippen molar-refractivity contribution in [2.45, 2.75) is 70.3 Å². The van der Waals surface area contributed by atoms with E-state index < -0.39 is 5.92 Å². The first kappa shape index (κ1) is 20.2. The number of imide groups is 1. The number of hydrogen-bond acceptors (Lipinski definition) is 5. The van der Waals surface area contributed by atoms with Crippen LogP contribution in [0.1, 0.15) is 69.0 Å². The van der Waals surface area contributed by atoms with Crippen molar-refractivity contribution in [3.8, 4) is 5.13 Å². The molecule has 1 atom stereocenters. The Kier molecular flexibility index (Phi) is 5.25. The van der Waals surface area contributed by atoms with Gasteiger partial charge in [0.2, 0.25) is 16.9 Å². The molecule has 2 aromatic heterocycles. The minimum absolute atomic E-state index is 0.0150. The van der Waals surface area contributed by atoms with Gasteiger partial charge in [-0.2, -0.15) is 4.68 Å². The first-order valence-electron chi connectivity index (χ1n) is 11.1. The molecule has 162 valence electrons. The van der Waals surface area contributed by atoms with E-state index in [-0.39, 0.29) is 29.8 Å². The highest BCUT2D eigenvalue weighted by Gasteiger charge is 2.45. The molecule has 1 aliphatic heterocycles. The summed E-state index contributed by atoms with van der Waals surface area (Å²) in [5, 5.41) is 3.76. The van der Waals surface area contributed by atoms with Crippen LogP contribution in [0.4, 0.5) is 0 Å². The molecule has 1 aromatic carbocycles. The molecule has 2 amide bonds. The molecule has 7 nitrogen and oxygen atoms in total. The van der Waals surface area contributed by atoms with Crippen LogP contribution in [0.3, 0.4) is 0 Å². The smallest absolute Gasteiger partial charge is 0.277 e. The molecule has 31 heavy (non-hydrogen) atoms. The van der Waals surface area contributed by atoms with Gasteiger partial charge in [-0.3, -0.25) is 24.4 Å². The van der Waals surface area contributed by atoms with E-state index in [1.165, 1.54) is 20.9 Å². The number of aromatic nitrogens is 3. The van der Waals surface area contributed by atoms with Gasteiger partial charge in [0.1, 0.15) is 0 Å². The van der Waals surface area contributed by atoms with E-state index in [1.54, 1.807) is 0 Å². The normalized spacial score (nSPS) is 20.3. The average molecular weight is 439 g/mol. The molecule has 8 heteroatoms. The number of nitrogens with zero attached hydrogens (tertiary/aromatic N) is 3. The van der Waals surface area contributed by atoms with Gasteiger partial charge in [0.05, 0.1) is 21.7 Å². The number of aromatic amines is 1. The highest BCUT2D eigenvalue weighted by molar-refractivity contribution is 7.20. The number of likely N-dealkylation sites (tertiary alicyclic amines) is 1. The molecule has 0 spiro atoms. The van der Waals surface area contributed by atoms with E-state index in [0.29, 0.717) is 17.1 Å². The SMILES string of the molecule is CCCc1[nH]n(-c2nc3ccccc3s2)c(=O)c1[C@@H]1CC(=O)N(C2CCCCC2)C1=O. The average Bonchev–Trinajstić information content (AvgIpc) is 3.42. The minimum Gasteiger partial charge on any atom is -0.293 e. The molecule has 0 radical (unpaired) electrons. The van der Waals surface area contributed by atoms with Crippen LogP contribution in [0.5, 0.6) is 0 Å². The van der Waals surface area contributed by atoms with Crippen molar-refractivity contribution in [1.82, 2.24) is 19.7 Å². The predicted molar refractivity (Wildman–Crippen MR) is 120 cm³/mol. The number of fused-ring (bicyclic) bond motifs is 1. The molecule has 1 aliphatic carbocycles. The molecule has 2 fully saturated rings. The summed E-state index contributed by atoms with van der Waals surface area (Å²) in [4.78, 5) is 45.7. The van der Waals surface area contributed by atoms with Crippen molar-refractivity contribution < 1.29 is 9.59 Å². The summed E-state index contributed by atoms with van der Waals surface area (Å²) in [5.74, 6) is -1.05. The molecule has 0 unspecified atom stereocenters. The minimum atomic E-state index is -0.699. The Balaban J connectivity index is 1.55. The zero-order chi connectivity index (χ0) is 21.5. The molecule has 1 saturated carbocycles. The van der Waals surface area contributed by atoms with Gasteiger partial charge in [-0.1, -0.05) is 56.1 Å². The van der Waals surface area contributed by atoms with Gasteiger partial charge in [-0.05, 0) is 31.4 Å². The second-order valence-electron chi connectivity index (χ2n) is 8.51. The second kappa shape index (κ2) is 8.07. The maximum Gasteiger partial charge on any atom is 0.277 e. The van der Waals surface area contributed by atoms with Crippen molar-refractivity contribution in [2.24, 2.45) is 0 Å². The number of H-pyrrole nitrogens is 1. The van der Waals surface area contributed by atoms with E-state index in [0.717, 1.165) is 54.4 Å². The van der Waals surface area contributed by atoms with Gasteiger partial charge in [0.25, 0.3) is 5.56 Å². The largest absolute Gasteiger partial charge is 0.293 e. The Hall–Kier alpha value is -2.74. The van der Waals surface area contributed by atoms with Crippen LogP contribution in [0, 0.1) is 0 Å². The van der Waals surface area contributed by atoms with Crippen molar-refractivity contribution in [1.29, 1.82) is 0 Å². The summed E-state index contributed by atoms with van der Waals surface area (Å²) in [7, 11) is 0. The number of hydrogen-bond donors (Lipinski definition) is 1. The van der Waals surface area contributed by atoms with Crippen molar-refractivity contribution in [3.63, 3.8) is 0 Å². The fourth-order valence-electron chi connectivity index (χ4n) is 4.99. The van der Waals surface area contributed by atoms with Gasteiger partial charge < -0.3 is 0 Å². The van der Waals surface area contributed by atoms with Gasteiger partial charge in [0, 0.05) is 18.2 Å². The van der Waals surface area contributed by atoms with Crippen LogP contribution in [-0.4, -0.2) is 37.5 Å². The van der Waals surface area contributed by atoms with Gasteiger partial charge in [-0.15, -0.1) is 0 Å². The molecule has 0 bridgehead atoms. The highest BCUT2D eigenvalue weighted by Crippen LogP contribution is 2.35. The van der Waals surface area contributed by atoms with E-state index >= 15 is 0 Å². The van der Waals surface area contributed by atoms with Crippen molar-refractivity contribution in [2.75, 3.05) is 0 Å². The number of amides is 2.